The van der Waals surface area contributed by atoms with Crippen molar-refractivity contribution in [3.8, 4) is 0 Å². The smallest absolute Gasteiger partial charge is 0.194 e. The molecule has 0 aliphatic carbocycles. The van der Waals surface area contributed by atoms with Crippen LogP contribution in [0.2, 0.25) is 0 Å². The van der Waals surface area contributed by atoms with Crippen molar-refractivity contribution < 1.29 is 13.5 Å². The predicted molar refractivity (Wildman–Crippen MR) is 103 cm³/mol. The number of rotatable bonds is 6. The highest BCUT2D eigenvalue weighted by Gasteiger charge is 2.24. The first-order valence-electron chi connectivity index (χ1n) is 8.19. The molecule has 1 aliphatic rings. The normalized spacial score (nSPS) is 17.8. The summed E-state index contributed by atoms with van der Waals surface area (Å²) in [6, 6.07) is 3.46. The monoisotopic (exact) mass is 453 g/mol. The summed E-state index contributed by atoms with van der Waals surface area (Å²) in [6.07, 6.45) is 1.05. The standard InChI is InChI=1S/C17H25F2N3O.HI/c1-3-20-17(22-8-7-13(11-22)12-23-4-2)21-10-14-9-15(18)5-6-16(14)19;/h5-6,9,13H,3-4,7-8,10-12H2,1-2H3,(H,20,21);1H. The number of guanidine groups is 1. The predicted octanol–water partition coefficient (Wildman–Crippen LogP) is 3.41. The molecule has 1 unspecified atom stereocenters. The van der Waals surface area contributed by atoms with E-state index in [1.165, 1.54) is 6.07 Å². The zero-order valence-electron chi connectivity index (χ0n) is 14.2. The summed E-state index contributed by atoms with van der Waals surface area (Å²) >= 11 is 0. The average Bonchev–Trinajstić information content (AvgIpc) is 3.01. The molecule has 4 nitrogen and oxygen atoms in total. The number of likely N-dealkylation sites (tertiary alicyclic amines) is 1. The highest BCUT2D eigenvalue weighted by molar-refractivity contribution is 14.0. The van der Waals surface area contributed by atoms with E-state index in [0.717, 1.165) is 57.4 Å². The van der Waals surface area contributed by atoms with Gasteiger partial charge in [0.1, 0.15) is 11.6 Å². The SMILES string of the molecule is CCNC(=NCc1cc(F)ccc1F)N1CCC(COCC)C1.I. The topological polar surface area (TPSA) is 36.9 Å². The van der Waals surface area contributed by atoms with Gasteiger partial charge in [-0.1, -0.05) is 0 Å². The minimum absolute atomic E-state index is 0. The van der Waals surface area contributed by atoms with Gasteiger partial charge in [-0.2, -0.15) is 0 Å². The van der Waals surface area contributed by atoms with E-state index in [9.17, 15) is 8.78 Å². The number of nitrogens with one attached hydrogen (secondary N) is 1. The Hall–Kier alpha value is -0.960. The first kappa shape index (κ1) is 21.1. The Morgan fingerprint density at radius 1 is 1.38 bits per heavy atom. The van der Waals surface area contributed by atoms with Crippen LogP contribution >= 0.6 is 24.0 Å². The first-order valence-corrected chi connectivity index (χ1v) is 8.19. The van der Waals surface area contributed by atoms with Gasteiger partial charge >= 0.3 is 0 Å². The summed E-state index contributed by atoms with van der Waals surface area (Å²) < 4.78 is 32.4. The lowest BCUT2D eigenvalue weighted by atomic mass is 10.1. The lowest BCUT2D eigenvalue weighted by Crippen LogP contribution is -2.40. The van der Waals surface area contributed by atoms with Crippen LogP contribution in [0.25, 0.3) is 0 Å². The summed E-state index contributed by atoms with van der Waals surface area (Å²) in [5.41, 5.74) is 0.269. The van der Waals surface area contributed by atoms with Crippen LogP contribution in [0.4, 0.5) is 8.78 Å². The fourth-order valence-corrected chi connectivity index (χ4v) is 2.70. The van der Waals surface area contributed by atoms with Gasteiger partial charge in [-0.05, 0) is 38.5 Å². The van der Waals surface area contributed by atoms with E-state index >= 15 is 0 Å². The molecule has 24 heavy (non-hydrogen) atoms. The fourth-order valence-electron chi connectivity index (χ4n) is 2.70. The van der Waals surface area contributed by atoms with Crippen LogP contribution < -0.4 is 5.32 Å². The molecule has 0 radical (unpaired) electrons. The molecule has 1 aromatic carbocycles. The van der Waals surface area contributed by atoms with Gasteiger partial charge in [-0.15, -0.1) is 24.0 Å². The molecule has 0 aromatic heterocycles. The third-order valence-electron chi connectivity index (χ3n) is 3.88. The van der Waals surface area contributed by atoms with Gasteiger partial charge in [0.2, 0.25) is 0 Å². The lowest BCUT2D eigenvalue weighted by Gasteiger charge is -2.21. The van der Waals surface area contributed by atoms with Crippen LogP contribution in [-0.4, -0.2) is 43.7 Å². The molecule has 1 N–H and O–H groups in total. The van der Waals surface area contributed by atoms with E-state index in [4.69, 9.17) is 4.74 Å². The van der Waals surface area contributed by atoms with Crippen molar-refractivity contribution in [2.24, 2.45) is 10.9 Å². The third kappa shape index (κ3) is 6.16. The zero-order valence-corrected chi connectivity index (χ0v) is 16.6. The maximum atomic E-state index is 13.7. The van der Waals surface area contributed by atoms with E-state index in [1.807, 2.05) is 13.8 Å². The molecule has 7 heteroatoms. The van der Waals surface area contributed by atoms with Gasteiger partial charge < -0.3 is 15.0 Å². The molecule has 0 amide bonds. The van der Waals surface area contributed by atoms with Crippen LogP contribution in [0.5, 0.6) is 0 Å². The molecule has 1 atom stereocenters. The minimum Gasteiger partial charge on any atom is -0.381 e. The van der Waals surface area contributed by atoms with Crippen LogP contribution in [0, 0.1) is 17.6 Å². The number of nitrogens with zero attached hydrogens (tertiary/aromatic N) is 2. The van der Waals surface area contributed by atoms with Gasteiger partial charge in [0, 0.05) is 37.7 Å². The summed E-state index contributed by atoms with van der Waals surface area (Å²) in [6.45, 7) is 8.09. The molecular formula is C17H26F2IN3O. The largest absolute Gasteiger partial charge is 0.381 e. The second kappa shape index (κ2) is 10.8. The zero-order chi connectivity index (χ0) is 16.7. The Morgan fingerprint density at radius 2 is 2.17 bits per heavy atom. The molecule has 0 bridgehead atoms. The fraction of sp³-hybridized carbons (Fsp3) is 0.588. The third-order valence-corrected chi connectivity index (χ3v) is 3.88. The highest BCUT2D eigenvalue weighted by atomic mass is 127. The lowest BCUT2D eigenvalue weighted by molar-refractivity contribution is 0.114. The molecular weight excluding hydrogens is 427 g/mol. The summed E-state index contributed by atoms with van der Waals surface area (Å²) in [7, 11) is 0. The molecule has 1 saturated heterocycles. The van der Waals surface area contributed by atoms with Crippen molar-refractivity contribution in [1.82, 2.24) is 10.2 Å². The van der Waals surface area contributed by atoms with Gasteiger partial charge in [0.05, 0.1) is 13.2 Å². The van der Waals surface area contributed by atoms with Gasteiger partial charge in [-0.25, -0.2) is 13.8 Å². The molecule has 1 aliphatic heterocycles. The maximum Gasteiger partial charge on any atom is 0.194 e. The van der Waals surface area contributed by atoms with Crippen molar-refractivity contribution in [1.29, 1.82) is 0 Å². The Balaban J connectivity index is 0.00000288. The van der Waals surface area contributed by atoms with Crippen molar-refractivity contribution >= 4 is 29.9 Å². The number of benzene rings is 1. The number of ether oxygens (including phenoxy) is 1. The van der Waals surface area contributed by atoms with E-state index in [2.05, 4.69) is 15.2 Å². The minimum atomic E-state index is -0.445. The van der Waals surface area contributed by atoms with Crippen LogP contribution in [0.1, 0.15) is 25.8 Å². The Labute approximate surface area is 159 Å². The Morgan fingerprint density at radius 3 is 2.88 bits per heavy atom. The summed E-state index contributed by atoms with van der Waals surface area (Å²) in [5, 5.41) is 3.22. The van der Waals surface area contributed by atoms with Gasteiger partial charge in [0.15, 0.2) is 5.96 Å². The molecule has 1 heterocycles. The summed E-state index contributed by atoms with van der Waals surface area (Å²) in [5.74, 6) is 0.362. The molecule has 2 rings (SSSR count). The molecule has 136 valence electrons. The number of hydrogen-bond acceptors (Lipinski definition) is 2. The van der Waals surface area contributed by atoms with Crippen molar-refractivity contribution in [3.05, 3.63) is 35.4 Å². The van der Waals surface area contributed by atoms with E-state index in [1.54, 1.807) is 0 Å². The maximum absolute atomic E-state index is 13.7. The quantitative estimate of drug-likeness (QED) is 0.408. The van der Waals surface area contributed by atoms with Crippen LogP contribution in [-0.2, 0) is 11.3 Å². The molecule has 1 fully saturated rings. The second-order valence-corrected chi connectivity index (χ2v) is 5.67. The van der Waals surface area contributed by atoms with E-state index < -0.39 is 11.6 Å². The number of halogens is 3. The van der Waals surface area contributed by atoms with Crippen molar-refractivity contribution in [2.45, 2.75) is 26.8 Å². The van der Waals surface area contributed by atoms with Crippen LogP contribution in [0.3, 0.4) is 0 Å². The van der Waals surface area contributed by atoms with Crippen LogP contribution in [0.15, 0.2) is 23.2 Å². The Kier molecular flexibility index (Phi) is 9.50. The highest BCUT2D eigenvalue weighted by Crippen LogP contribution is 2.17. The van der Waals surface area contributed by atoms with E-state index in [-0.39, 0.29) is 36.1 Å². The molecule has 1 aromatic rings. The Bertz CT molecular complexity index is 543. The van der Waals surface area contributed by atoms with Gasteiger partial charge in [-0.3, -0.25) is 0 Å². The van der Waals surface area contributed by atoms with Crippen molar-refractivity contribution in [3.63, 3.8) is 0 Å². The second-order valence-electron chi connectivity index (χ2n) is 5.67. The molecule has 0 saturated carbocycles. The van der Waals surface area contributed by atoms with Crippen molar-refractivity contribution in [2.75, 3.05) is 32.8 Å². The summed E-state index contributed by atoms with van der Waals surface area (Å²) in [4.78, 5) is 6.62. The number of aliphatic imine (C=N–C) groups is 1. The first-order chi connectivity index (χ1) is 11.1. The average molecular weight is 453 g/mol. The van der Waals surface area contributed by atoms with E-state index in [0.29, 0.717) is 5.92 Å². The van der Waals surface area contributed by atoms with Gasteiger partial charge in [0.25, 0.3) is 0 Å². The molecule has 0 spiro atoms. The number of hydrogen-bond donors (Lipinski definition) is 1.